The number of aliphatic hydroxyl groups excluding tert-OH is 1. The monoisotopic (exact) mass is 525 g/mol. The summed E-state index contributed by atoms with van der Waals surface area (Å²) >= 11 is 0. The molecule has 1 fully saturated rings. The van der Waals surface area contributed by atoms with Gasteiger partial charge in [0.2, 0.25) is 15.9 Å². The van der Waals surface area contributed by atoms with Gasteiger partial charge in [0.1, 0.15) is 5.84 Å². The van der Waals surface area contributed by atoms with Crippen molar-refractivity contribution in [2.75, 3.05) is 39.3 Å². The van der Waals surface area contributed by atoms with Crippen LogP contribution in [-0.4, -0.2) is 73.8 Å². The van der Waals surface area contributed by atoms with Crippen LogP contribution in [0, 0.1) is 5.92 Å². The first kappa shape index (κ1) is 27.0. The first-order chi connectivity index (χ1) is 17.8. The predicted molar refractivity (Wildman–Crippen MR) is 146 cm³/mol. The number of hydrogen-bond donors (Lipinski definition) is 3. The van der Waals surface area contributed by atoms with E-state index in [-0.39, 0.29) is 29.7 Å². The first-order valence-electron chi connectivity index (χ1n) is 12.6. The van der Waals surface area contributed by atoms with E-state index >= 15 is 0 Å². The normalized spacial score (nSPS) is 16.3. The number of amides is 1. The summed E-state index contributed by atoms with van der Waals surface area (Å²) in [6.07, 6.45) is 3.68. The summed E-state index contributed by atoms with van der Waals surface area (Å²) in [6.45, 7) is 4.43. The van der Waals surface area contributed by atoms with Gasteiger partial charge >= 0.3 is 0 Å². The average Bonchev–Trinajstić information content (AvgIpc) is 3.02. The lowest BCUT2D eigenvalue weighted by atomic mass is 10.0. The molecule has 2 aliphatic heterocycles. The van der Waals surface area contributed by atoms with Crippen LogP contribution < -0.4 is 11.5 Å². The van der Waals surface area contributed by atoms with E-state index < -0.39 is 10.0 Å². The van der Waals surface area contributed by atoms with Crippen molar-refractivity contribution in [2.24, 2.45) is 22.4 Å². The number of carbonyl (C=O) groups excluding carboxylic acids is 1. The van der Waals surface area contributed by atoms with E-state index in [2.05, 4.69) is 4.99 Å². The quantitative estimate of drug-likeness (QED) is 0.435. The first-order valence-corrected chi connectivity index (χ1v) is 14.1. The third-order valence-electron chi connectivity index (χ3n) is 6.67. The highest BCUT2D eigenvalue weighted by Gasteiger charge is 2.36. The van der Waals surface area contributed by atoms with Crippen LogP contribution in [-0.2, 0) is 14.8 Å². The number of aliphatic hydroxyl groups is 1. The number of carbonyl (C=O) groups is 1. The summed E-state index contributed by atoms with van der Waals surface area (Å²) in [5.74, 6) is 0.279. The minimum atomic E-state index is -3.63. The number of nitrogens with two attached hydrogens (primary N) is 2. The second-order valence-electron chi connectivity index (χ2n) is 9.56. The molecule has 10 heteroatoms. The maximum absolute atomic E-state index is 13.3. The molecule has 2 aromatic rings. The third-order valence-corrected chi connectivity index (χ3v) is 8.50. The van der Waals surface area contributed by atoms with Gasteiger partial charge in [-0.1, -0.05) is 31.2 Å². The highest BCUT2D eigenvalue weighted by molar-refractivity contribution is 7.89. The van der Waals surface area contributed by atoms with Gasteiger partial charge in [-0.15, -0.1) is 0 Å². The molecule has 5 N–H and O–H groups in total. The van der Waals surface area contributed by atoms with Crippen LogP contribution in [0.4, 0.5) is 5.69 Å². The zero-order valence-electron chi connectivity index (χ0n) is 21.1. The van der Waals surface area contributed by atoms with Crippen LogP contribution in [0.15, 0.2) is 57.9 Å². The van der Waals surface area contributed by atoms with Crippen LogP contribution in [0.3, 0.4) is 0 Å². The molecular weight excluding hydrogens is 490 g/mol. The number of hydrogen-bond acceptors (Lipinski definition) is 7. The Morgan fingerprint density at radius 3 is 2.62 bits per heavy atom. The van der Waals surface area contributed by atoms with Crippen molar-refractivity contribution < 1.29 is 18.3 Å². The number of rotatable bonds is 10. The largest absolute Gasteiger partial charge is 0.396 e. The van der Waals surface area contributed by atoms with E-state index in [1.807, 2.05) is 42.2 Å². The Morgan fingerprint density at radius 1 is 1.16 bits per heavy atom. The molecule has 0 bridgehead atoms. The van der Waals surface area contributed by atoms with E-state index in [1.165, 1.54) is 4.31 Å². The van der Waals surface area contributed by atoms with Crippen molar-refractivity contribution in [3.05, 3.63) is 53.6 Å². The molecule has 1 saturated heterocycles. The van der Waals surface area contributed by atoms with Crippen LogP contribution >= 0.6 is 0 Å². The highest BCUT2D eigenvalue weighted by Crippen LogP contribution is 2.34. The zero-order valence-corrected chi connectivity index (χ0v) is 22.0. The van der Waals surface area contributed by atoms with E-state index in [0.29, 0.717) is 49.8 Å². The molecule has 0 saturated carbocycles. The van der Waals surface area contributed by atoms with E-state index in [1.54, 1.807) is 18.2 Å². The van der Waals surface area contributed by atoms with Crippen molar-refractivity contribution in [3.8, 4) is 11.1 Å². The molecule has 0 unspecified atom stereocenters. The fourth-order valence-corrected chi connectivity index (χ4v) is 6.24. The Balaban J connectivity index is 1.62. The number of sulfonamides is 1. The van der Waals surface area contributed by atoms with Crippen molar-refractivity contribution in [1.29, 1.82) is 0 Å². The Kier molecular flexibility index (Phi) is 8.43. The molecule has 0 aromatic heterocycles. The van der Waals surface area contributed by atoms with Crippen molar-refractivity contribution in [1.82, 2.24) is 9.21 Å². The molecule has 0 radical (unpaired) electrons. The van der Waals surface area contributed by atoms with Gasteiger partial charge in [0.05, 0.1) is 10.6 Å². The van der Waals surface area contributed by atoms with Crippen molar-refractivity contribution in [2.45, 2.75) is 31.1 Å². The number of aliphatic imine (C=N–C) groups is 1. The van der Waals surface area contributed by atoms with Crippen LogP contribution in [0.25, 0.3) is 17.2 Å². The second kappa shape index (κ2) is 11.6. The molecule has 1 amide bonds. The standard InChI is InChI=1S/C27H35N5O4S/c1-2-10-31(11-4-9-28)27(34)23-12-22-8-7-21(14-25(22)30-26(29)15-23)20-5-3-6-24(13-20)37(35,36)32-16-19(17-32)18-33/h3,5-8,12-14,19,33H,2,4,9-11,15-18,28H2,1H3,(H2,29,30). The average molecular weight is 526 g/mol. The van der Waals surface area contributed by atoms with Crippen molar-refractivity contribution >= 4 is 33.5 Å². The van der Waals surface area contributed by atoms with Gasteiger partial charge in [-0.05, 0) is 54.8 Å². The summed E-state index contributed by atoms with van der Waals surface area (Å²) in [5, 5.41) is 9.23. The van der Waals surface area contributed by atoms with Gasteiger partial charge in [0, 0.05) is 56.3 Å². The summed E-state index contributed by atoms with van der Waals surface area (Å²) in [6, 6.07) is 12.4. The maximum Gasteiger partial charge on any atom is 0.250 e. The third kappa shape index (κ3) is 5.93. The molecule has 0 aliphatic carbocycles. The predicted octanol–water partition coefficient (Wildman–Crippen LogP) is 2.33. The molecule has 0 atom stereocenters. The highest BCUT2D eigenvalue weighted by atomic mass is 32.2. The summed E-state index contributed by atoms with van der Waals surface area (Å²) in [7, 11) is -3.63. The Hall–Kier alpha value is -3.05. The van der Waals surface area contributed by atoms with Gasteiger partial charge < -0.3 is 21.5 Å². The lowest BCUT2D eigenvalue weighted by molar-refractivity contribution is -0.127. The number of nitrogens with zero attached hydrogens (tertiary/aromatic N) is 3. The second-order valence-corrected chi connectivity index (χ2v) is 11.5. The van der Waals surface area contributed by atoms with Crippen LogP contribution in [0.5, 0.6) is 0 Å². The lowest BCUT2D eigenvalue weighted by Crippen LogP contribution is -2.51. The summed E-state index contributed by atoms with van der Waals surface area (Å²) in [5.41, 5.74) is 15.4. The minimum Gasteiger partial charge on any atom is -0.396 e. The fraction of sp³-hybridized carbons (Fsp3) is 0.407. The van der Waals surface area contributed by atoms with E-state index in [9.17, 15) is 18.3 Å². The minimum absolute atomic E-state index is 0.00889. The smallest absolute Gasteiger partial charge is 0.250 e. The molecule has 9 nitrogen and oxygen atoms in total. The summed E-state index contributed by atoms with van der Waals surface area (Å²) < 4.78 is 27.4. The molecule has 2 heterocycles. The van der Waals surface area contributed by atoms with Gasteiger partial charge in [-0.25, -0.2) is 13.4 Å². The van der Waals surface area contributed by atoms with E-state index in [4.69, 9.17) is 11.5 Å². The number of amidine groups is 1. The topological polar surface area (TPSA) is 142 Å². The fourth-order valence-electron chi connectivity index (χ4n) is 4.60. The Labute approximate surface area is 218 Å². The lowest BCUT2D eigenvalue weighted by Gasteiger charge is -2.36. The van der Waals surface area contributed by atoms with Crippen LogP contribution in [0.2, 0.25) is 0 Å². The zero-order chi connectivity index (χ0) is 26.6. The number of fused-ring (bicyclic) bond motifs is 1. The molecule has 37 heavy (non-hydrogen) atoms. The van der Waals surface area contributed by atoms with Gasteiger partial charge in [0.25, 0.3) is 0 Å². The van der Waals surface area contributed by atoms with E-state index in [0.717, 1.165) is 29.5 Å². The molecule has 2 aromatic carbocycles. The molecule has 0 spiro atoms. The maximum atomic E-state index is 13.3. The molecule has 4 rings (SSSR count). The van der Waals surface area contributed by atoms with Crippen molar-refractivity contribution in [3.63, 3.8) is 0 Å². The van der Waals surface area contributed by atoms with Gasteiger partial charge in [-0.2, -0.15) is 4.31 Å². The molecule has 198 valence electrons. The molecular formula is C27H35N5O4S. The molecule has 2 aliphatic rings. The van der Waals surface area contributed by atoms with Gasteiger partial charge in [-0.3, -0.25) is 4.79 Å². The SMILES string of the molecule is CCCN(CCCN)C(=O)C1=Cc2ccc(-c3cccc(S(=O)(=O)N4CC(CO)C4)c3)cc2N=C(N)C1. The Bertz CT molecular complexity index is 1320. The Morgan fingerprint density at radius 2 is 1.92 bits per heavy atom. The van der Waals surface area contributed by atoms with Gasteiger partial charge in [0.15, 0.2) is 0 Å². The van der Waals surface area contributed by atoms with Crippen LogP contribution in [0.1, 0.15) is 31.7 Å². The number of benzene rings is 2. The summed E-state index contributed by atoms with van der Waals surface area (Å²) in [4.78, 5) is 19.9.